The molecule has 0 atom stereocenters. The first-order chi connectivity index (χ1) is 12.5. The van der Waals surface area contributed by atoms with E-state index in [-0.39, 0.29) is 11.5 Å². The molecule has 0 aliphatic heterocycles. The molecule has 0 radical (unpaired) electrons. The smallest absolute Gasteiger partial charge is 0.371 e. The second-order valence-corrected chi connectivity index (χ2v) is 5.03. The Labute approximate surface area is 151 Å². The van der Waals surface area contributed by atoms with Crippen LogP contribution in [-0.2, 0) is 4.79 Å². The van der Waals surface area contributed by atoms with E-state index in [0.29, 0.717) is 28.6 Å². The van der Waals surface area contributed by atoms with Gasteiger partial charge in [-0.15, -0.1) is 0 Å². The summed E-state index contributed by atoms with van der Waals surface area (Å²) in [4.78, 5) is 11.6. The van der Waals surface area contributed by atoms with Crippen molar-refractivity contribution in [1.82, 2.24) is 0 Å². The number of hydrogen-bond acceptors (Lipinski definition) is 6. The zero-order valence-electron chi connectivity index (χ0n) is 14.9. The van der Waals surface area contributed by atoms with Crippen molar-refractivity contribution in [2.24, 2.45) is 0 Å². The van der Waals surface area contributed by atoms with Crippen molar-refractivity contribution in [3.05, 3.63) is 47.7 Å². The highest BCUT2D eigenvalue weighted by molar-refractivity contribution is 5.90. The summed E-state index contributed by atoms with van der Waals surface area (Å²) in [6.07, 6.45) is 1.36. The molecule has 2 aromatic rings. The molecule has 0 aromatic heterocycles. The molecule has 26 heavy (non-hydrogen) atoms. The van der Waals surface area contributed by atoms with Crippen LogP contribution < -0.4 is 23.7 Å². The number of methoxy groups -OCH3 is 4. The third kappa shape index (κ3) is 4.18. The molecule has 0 spiro atoms. The maximum atomic E-state index is 11.6. The van der Waals surface area contributed by atoms with Gasteiger partial charge in [0.2, 0.25) is 11.5 Å². The molecule has 0 bridgehead atoms. The Hall–Kier alpha value is -3.35. The van der Waals surface area contributed by atoms with E-state index in [0.717, 1.165) is 0 Å². The van der Waals surface area contributed by atoms with Gasteiger partial charge in [0.1, 0.15) is 0 Å². The lowest BCUT2D eigenvalue weighted by Gasteiger charge is -2.14. The molecular weight excluding hydrogens is 340 g/mol. The minimum absolute atomic E-state index is 0.288. The Morgan fingerprint density at radius 1 is 0.846 bits per heavy atom. The monoisotopic (exact) mass is 360 g/mol. The van der Waals surface area contributed by atoms with Crippen molar-refractivity contribution in [3.63, 3.8) is 0 Å². The number of para-hydroxylation sites is 2. The van der Waals surface area contributed by atoms with Crippen molar-refractivity contribution >= 4 is 12.0 Å². The van der Waals surface area contributed by atoms with E-state index >= 15 is 0 Å². The molecule has 0 amide bonds. The molecular formula is C19H20O7. The highest BCUT2D eigenvalue weighted by atomic mass is 16.5. The Balaban J connectivity index is 2.47. The summed E-state index contributed by atoms with van der Waals surface area (Å²) in [5, 5.41) is 9.49. The lowest BCUT2D eigenvalue weighted by Crippen LogP contribution is -2.08. The fourth-order valence-corrected chi connectivity index (χ4v) is 2.29. The average Bonchev–Trinajstić information content (AvgIpc) is 2.66. The molecule has 2 aromatic carbocycles. The van der Waals surface area contributed by atoms with E-state index < -0.39 is 5.97 Å². The van der Waals surface area contributed by atoms with E-state index in [1.165, 1.54) is 34.5 Å². The number of rotatable bonds is 8. The summed E-state index contributed by atoms with van der Waals surface area (Å²) in [6.45, 7) is 0. The predicted octanol–water partition coefficient (Wildman–Crippen LogP) is 3.23. The SMILES string of the molecule is COc1ccccc1OC(=Cc1cc(OC)c(OC)c(OC)c1)C(=O)O. The Morgan fingerprint density at radius 2 is 1.38 bits per heavy atom. The molecule has 0 aliphatic carbocycles. The third-order valence-corrected chi connectivity index (χ3v) is 3.48. The van der Waals surface area contributed by atoms with Crippen LogP contribution in [0.2, 0.25) is 0 Å². The molecule has 0 unspecified atom stereocenters. The van der Waals surface area contributed by atoms with Crippen molar-refractivity contribution in [3.8, 4) is 28.7 Å². The van der Waals surface area contributed by atoms with Crippen molar-refractivity contribution in [1.29, 1.82) is 0 Å². The second-order valence-electron chi connectivity index (χ2n) is 5.03. The van der Waals surface area contributed by atoms with Gasteiger partial charge in [-0.2, -0.15) is 0 Å². The number of benzene rings is 2. The van der Waals surface area contributed by atoms with Gasteiger partial charge in [-0.05, 0) is 35.9 Å². The van der Waals surface area contributed by atoms with Gasteiger partial charge in [-0.25, -0.2) is 4.79 Å². The first-order valence-electron chi connectivity index (χ1n) is 7.59. The van der Waals surface area contributed by atoms with Crippen LogP contribution in [0.4, 0.5) is 0 Å². The summed E-state index contributed by atoms with van der Waals surface area (Å²) < 4.78 is 26.5. The Kier molecular flexibility index (Phi) is 6.32. The van der Waals surface area contributed by atoms with E-state index in [2.05, 4.69) is 0 Å². The fourth-order valence-electron chi connectivity index (χ4n) is 2.29. The van der Waals surface area contributed by atoms with Gasteiger partial charge in [0, 0.05) is 0 Å². The van der Waals surface area contributed by atoms with Gasteiger partial charge in [0.25, 0.3) is 0 Å². The topological polar surface area (TPSA) is 83.5 Å². The Bertz CT molecular complexity index is 786. The van der Waals surface area contributed by atoms with E-state index in [1.807, 2.05) is 0 Å². The molecule has 0 saturated carbocycles. The van der Waals surface area contributed by atoms with Crippen LogP contribution in [0.3, 0.4) is 0 Å². The summed E-state index contributed by atoms with van der Waals surface area (Å²) in [5.41, 5.74) is 0.506. The molecule has 7 heteroatoms. The minimum atomic E-state index is -1.23. The molecule has 0 saturated heterocycles. The van der Waals surface area contributed by atoms with E-state index in [4.69, 9.17) is 23.7 Å². The van der Waals surface area contributed by atoms with Crippen LogP contribution in [0.25, 0.3) is 6.08 Å². The number of hydrogen-bond donors (Lipinski definition) is 1. The van der Waals surface area contributed by atoms with Crippen LogP contribution in [-0.4, -0.2) is 39.5 Å². The van der Waals surface area contributed by atoms with Crippen molar-refractivity contribution in [2.75, 3.05) is 28.4 Å². The summed E-state index contributed by atoms with van der Waals surface area (Å²) in [6, 6.07) is 10.0. The molecule has 0 aliphatic rings. The average molecular weight is 360 g/mol. The molecule has 7 nitrogen and oxygen atoms in total. The first kappa shape index (κ1) is 19.0. The lowest BCUT2D eigenvalue weighted by molar-refractivity contribution is -0.134. The zero-order valence-corrected chi connectivity index (χ0v) is 14.9. The molecule has 0 heterocycles. The number of ether oxygens (including phenoxy) is 5. The van der Waals surface area contributed by atoms with Crippen molar-refractivity contribution in [2.45, 2.75) is 0 Å². The van der Waals surface area contributed by atoms with Crippen LogP contribution in [0, 0.1) is 0 Å². The fraction of sp³-hybridized carbons (Fsp3) is 0.211. The lowest BCUT2D eigenvalue weighted by atomic mass is 10.1. The van der Waals surface area contributed by atoms with Gasteiger partial charge in [-0.3, -0.25) is 0 Å². The second kappa shape index (κ2) is 8.66. The van der Waals surface area contributed by atoms with Crippen LogP contribution in [0.15, 0.2) is 42.2 Å². The minimum Gasteiger partial charge on any atom is -0.493 e. The zero-order chi connectivity index (χ0) is 19.1. The number of carboxylic acids is 1. The van der Waals surface area contributed by atoms with Gasteiger partial charge >= 0.3 is 5.97 Å². The summed E-state index contributed by atoms with van der Waals surface area (Å²) in [5.74, 6) is 0.406. The molecule has 138 valence electrons. The summed E-state index contributed by atoms with van der Waals surface area (Å²) >= 11 is 0. The van der Waals surface area contributed by atoms with Crippen molar-refractivity contribution < 1.29 is 33.6 Å². The first-order valence-corrected chi connectivity index (χ1v) is 7.59. The largest absolute Gasteiger partial charge is 0.493 e. The van der Waals surface area contributed by atoms with E-state index in [9.17, 15) is 9.90 Å². The maximum Gasteiger partial charge on any atom is 0.371 e. The standard InChI is InChI=1S/C19H20O7/c1-22-13-7-5-6-8-14(13)26-17(19(20)21)11-12-9-15(23-2)18(25-4)16(10-12)24-3/h5-11H,1-4H3,(H,20,21). The maximum absolute atomic E-state index is 11.6. The van der Waals surface area contributed by atoms with E-state index in [1.54, 1.807) is 36.4 Å². The number of carbonyl (C=O) groups is 1. The van der Waals surface area contributed by atoms with Gasteiger partial charge in [0.05, 0.1) is 28.4 Å². The Morgan fingerprint density at radius 3 is 1.85 bits per heavy atom. The molecule has 1 N–H and O–H groups in total. The number of aliphatic carboxylic acids is 1. The van der Waals surface area contributed by atoms with Crippen LogP contribution >= 0.6 is 0 Å². The normalized spacial score (nSPS) is 10.8. The van der Waals surface area contributed by atoms with Gasteiger partial charge in [-0.1, -0.05) is 12.1 Å². The highest BCUT2D eigenvalue weighted by Crippen LogP contribution is 2.39. The van der Waals surface area contributed by atoms with Crippen LogP contribution in [0.5, 0.6) is 28.7 Å². The molecule has 0 fully saturated rings. The summed E-state index contributed by atoms with van der Waals surface area (Å²) in [7, 11) is 5.93. The number of carboxylic acid groups (broad SMARTS) is 1. The molecule has 2 rings (SSSR count). The third-order valence-electron chi connectivity index (χ3n) is 3.48. The highest BCUT2D eigenvalue weighted by Gasteiger charge is 2.16. The van der Waals surface area contributed by atoms with Gasteiger partial charge < -0.3 is 28.8 Å². The van der Waals surface area contributed by atoms with Gasteiger partial charge in [0.15, 0.2) is 23.0 Å². The van der Waals surface area contributed by atoms with Crippen LogP contribution in [0.1, 0.15) is 5.56 Å². The predicted molar refractivity (Wildman–Crippen MR) is 95.3 cm³/mol. The quantitative estimate of drug-likeness (QED) is 0.571.